The van der Waals surface area contributed by atoms with Crippen LogP contribution < -0.4 is 15.2 Å². The minimum Gasteiger partial charge on any atom is -0.493 e. The molecular formula is C17H27NO2. The molecular weight excluding hydrogens is 250 g/mol. The lowest BCUT2D eigenvalue weighted by Crippen LogP contribution is -2.28. The summed E-state index contributed by atoms with van der Waals surface area (Å²) in [5.41, 5.74) is 7.27. The predicted octanol–water partition coefficient (Wildman–Crippen LogP) is 3.57. The molecule has 112 valence electrons. The Hall–Kier alpha value is -1.22. The first-order valence-electron chi connectivity index (χ1n) is 7.63. The third-order valence-electron chi connectivity index (χ3n) is 4.76. The largest absolute Gasteiger partial charge is 0.493 e. The Morgan fingerprint density at radius 1 is 1.15 bits per heavy atom. The average molecular weight is 277 g/mol. The van der Waals surface area contributed by atoms with Crippen LogP contribution in [0.3, 0.4) is 0 Å². The van der Waals surface area contributed by atoms with Gasteiger partial charge in [-0.05, 0) is 54.8 Å². The molecule has 20 heavy (non-hydrogen) atoms. The molecule has 2 rings (SSSR count). The van der Waals surface area contributed by atoms with Gasteiger partial charge < -0.3 is 15.2 Å². The lowest BCUT2D eigenvalue weighted by molar-refractivity contribution is 0.229. The summed E-state index contributed by atoms with van der Waals surface area (Å²) < 4.78 is 10.8. The first-order chi connectivity index (χ1) is 9.71. The summed E-state index contributed by atoms with van der Waals surface area (Å²) in [4.78, 5) is 0. The highest BCUT2D eigenvalue weighted by molar-refractivity contribution is 5.44. The van der Waals surface area contributed by atoms with Crippen molar-refractivity contribution in [1.29, 1.82) is 0 Å². The van der Waals surface area contributed by atoms with Crippen LogP contribution >= 0.6 is 0 Å². The average Bonchev–Trinajstić information content (AvgIpc) is 2.53. The number of ether oxygens (including phenoxy) is 2. The van der Waals surface area contributed by atoms with Crippen LogP contribution in [0.5, 0.6) is 11.5 Å². The summed E-state index contributed by atoms with van der Waals surface area (Å²) >= 11 is 0. The van der Waals surface area contributed by atoms with Crippen molar-refractivity contribution in [2.24, 2.45) is 17.6 Å². The molecule has 3 unspecified atom stereocenters. The van der Waals surface area contributed by atoms with Crippen molar-refractivity contribution in [1.82, 2.24) is 0 Å². The molecule has 1 saturated carbocycles. The molecule has 1 aromatic rings. The fraction of sp³-hybridized carbons (Fsp3) is 0.647. The molecule has 3 atom stereocenters. The van der Waals surface area contributed by atoms with Crippen LogP contribution in [0.25, 0.3) is 0 Å². The molecule has 0 aliphatic heterocycles. The van der Waals surface area contributed by atoms with Crippen molar-refractivity contribution in [3.8, 4) is 11.5 Å². The lowest BCUT2D eigenvalue weighted by Gasteiger charge is -2.36. The van der Waals surface area contributed by atoms with E-state index in [-0.39, 0.29) is 0 Å². The van der Waals surface area contributed by atoms with E-state index in [0.717, 1.165) is 18.0 Å². The zero-order valence-electron chi connectivity index (χ0n) is 12.9. The van der Waals surface area contributed by atoms with E-state index in [1.165, 1.54) is 31.2 Å². The van der Waals surface area contributed by atoms with Gasteiger partial charge in [0.25, 0.3) is 0 Å². The van der Waals surface area contributed by atoms with Crippen LogP contribution in [0.4, 0.5) is 0 Å². The molecule has 1 aromatic carbocycles. The summed E-state index contributed by atoms with van der Waals surface area (Å²) in [6.45, 7) is 3.05. The molecule has 3 heteroatoms. The molecule has 0 bridgehead atoms. The molecule has 2 N–H and O–H groups in total. The van der Waals surface area contributed by atoms with Gasteiger partial charge in [-0.3, -0.25) is 0 Å². The third-order valence-corrected chi connectivity index (χ3v) is 4.76. The fourth-order valence-electron chi connectivity index (χ4n) is 3.51. The Morgan fingerprint density at radius 3 is 2.50 bits per heavy atom. The van der Waals surface area contributed by atoms with Gasteiger partial charge in [0, 0.05) is 0 Å². The summed E-state index contributed by atoms with van der Waals surface area (Å²) in [6.07, 6.45) is 5.19. The van der Waals surface area contributed by atoms with E-state index in [1.54, 1.807) is 14.2 Å². The van der Waals surface area contributed by atoms with Crippen LogP contribution in [0.15, 0.2) is 18.2 Å². The first-order valence-corrected chi connectivity index (χ1v) is 7.63. The van der Waals surface area contributed by atoms with Crippen LogP contribution in [-0.2, 0) is 0 Å². The highest BCUT2D eigenvalue weighted by Crippen LogP contribution is 2.43. The van der Waals surface area contributed by atoms with Crippen molar-refractivity contribution < 1.29 is 9.47 Å². The highest BCUT2D eigenvalue weighted by Gasteiger charge is 2.30. The van der Waals surface area contributed by atoms with Gasteiger partial charge in [-0.2, -0.15) is 0 Å². The maximum absolute atomic E-state index is 5.90. The van der Waals surface area contributed by atoms with Crippen molar-refractivity contribution in [3.63, 3.8) is 0 Å². The quantitative estimate of drug-likeness (QED) is 0.894. The summed E-state index contributed by atoms with van der Waals surface area (Å²) in [7, 11) is 3.37. The van der Waals surface area contributed by atoms with Crippen LogP contribution in [0.2, 0.25) is 0 Å². The SMILES string of the molecule is COc1ccc(C2CCCCC2C(C)CN)cc1OC. The van der Waals surface area contributed by atoms with Gasteiger partial charge in [0.2, 0.25) is 0 Å². The molecule has 0 spiro atoms. The van der Waals surface area contributed by atoms with Gasteiger partial charge in [0.05, 0.1) is 14.2 Å². The van der Waals surface area contributed by atoms with E-state index in [2.05, 4.69) is 19.1 Å². The van der Waals surface area contributed by atoms with E-state index in [0.29, 0.717) is 17.8 Å². The number of methoxy groups -OCH3 is 2. The molecule has 0 amide bonds. The number of rotatable bonds is 5. The second-order valence-corrected chi connectivity index (χ2v) is 5.88. The van der Waals surface area contributed by atoms with Crippen LogP contribution in [0.1, 0.15) is 44.1 Å². The second kappa shape index (κ2) is 6.98. The van der Waals surface area contributed by atoms with Gasteiger partial charge in [-0.1, -0.05) is 25.8 Å². The van der Waals surface area contributed by atoms with Gasteiger partial charge in [0.15, 0.2) is 11.5 Å². The third kappa shape index (κ3) is 3.09. The zero-order chi connectivity index (χ0) is 14.5. The van der Waals surface area contributed by atoms with Gasteiger partial charge in [-0.15, -0.1) is 0 Å². The predicted molar refractivity (Wildman–Crippen MR) is 82.5 cm³/mol. The first kappa shape index (κ1) is 15.2. The molecule has 0 radical (unpaired) electrons. The summed E-state index contributed by atoms with van der Waals surface area (Å²) in [5, 5.41) is 0. The number of nitrogens with two attached hydrogens (primary N) is 1. The van der Waals surface area contributed by atoms with Crippen molar-refractivity contribution in [2.75, 3.05) is 20.8 Å². The normalized spacial score (nSPS) is 24.2. The minimum absolute atomic E-state index is 0.577. The van der Waals surface area contributed by atoms with E-state index >= 15 is 0 Å². The standard InChI is InChI=1S/C17H27NO2/c1-12(11-18)14-6-4-5-7-15(14)13-8-9-16(19-2)17(10-13)20-3/h8-10,12,14-15H,4-7,11,18H2,1-3H3. The van der Waals surface area contributed by atoms with E-state index in [4.69, 9.17) is 15.2 Å². The van der Waals surface area contributed by atoms with Crippen LogP contribution in [-0.4, -0.2) is 20.8 Å². The number of hydrogen-bond acceptors (Lipinski definition) is 3. The summed E-state index contributed by atoms with van der Waals surface area (Å²) in [5.74, 6) is 3.49. The maximum Gasteiger partial charge on any atom is 0.160 e. The topological polar surface area (TPSA) is 44.5 Å². The molecule has 0 aromatic heterocycles. The van der Waals surface area contributed by atoms with Gasteiger partial charge >= 0.3 is 0 Å². The maximum atomic E-state index is 5.90. The second-order valence-electron chi connectivity index (χ2n) is 5.88. The number of benzene rings is 1. The van der Waals surface area contributed by atoms with Crippen molar-refractivity contribution in [3.05, 3.63) is 23.8 Å². The monoisotopic (exact) mass is 277 g/mol. The molecule has 1 aliphatic rings. The van der Waals surface area contributed by atoms with Crippen molar-refractivity contribution in [2.45, 2.75) is 38.5 Å². The minimum atomic E-state index is 0.577. The molecule has 1 aliphatic carbocycles. The Kier molecular flexibility index (Phi) is 5.30. The zero-order valence-corrected chi connectivity index (χ0v) is 12.9. The molecule has 1 fully saturated rings. The lowest BCUT2D eigenvalue weighted by atomic mass is 9.70. The van der Waals surface area contributed by atoms with Crippen molar-refractivity contribution >= 4 is 0 Å². The fourth-order valence-corrected chi connectivity index (χ4v) is 3.51. The van der Waals surface area contributed by atoms with Crippen LogP contribution in [0, 0.1) is 11.8 Å². The Bertz CT molecular complexity index is 433. The van der Waals surface area contributed by atoms with Gasteiger partial charge in [-0.25, -0.2) is 0 Å². The Morgan fingerprint density at radius 2 is 1.85 bits per heavy atom. The van der Waals surface area contributed by atoms with E-state index in [1.807, 2.05) is 6.07 Å². The van der Waals surface area contributed by atoms with E-state index < -0.39 is 0 Å². The number of hydrogen-bond donors (Lipinski definition) is 1. The Labute approximate surface area is 122 Å². The highest BCUT2D eigenvalue weighted by atomic mass is 16.5. The van der Waals surface area contributed by atoms with Gasteiger partial charge in [0.1, 0.15) is 0 Å². The van der Waals surface area contributed by atoms with E-state index in [9.17, 15) is 0 Å². The summed E-state index contributed by atoms with van der Waals surface area (Å²) in [6, 6.07) is 6.35. The smallest absolute Gasteiger partial charge is 0.160 e. The molecule has 3 nitrogen and oxygen atoms in total. The molecule has 0 heterocycles. The Balaban J connectivity index is 2.27. The molecule has 0 saturated heterocycles.